The highest BCUT2D eigenvalue weighted by Crippen LogP contribution is 2.29. The first-order valence-corrected chi connectivity index (χ1v) is 8.39. The molecule has 0 radical (unpaired) electrons. The molecule has 2 nitrogen and oxygen atoms in total. The van der Waals surface area contributed by atoms with Gasteiger partial charge in [0, 0.05) is 23.1 Å². The van der Waals surface area contributed by atoms with Crippen molar-refractivity contribution in [2.75, 3.05) is 13.1 Å². The number of piperidine rings is 1. The summed E-state index contributed by atoms with van der Waals surface area (Å²) < 4.78 is 0. The average molecular weight is 293 g/mol. The van der Waals surface area contributed by atoms with Crippen molar-refractivity contribution in [2.45, 2.75) is 57.2 Å². The summed E-state index contributed by atoms with van der Waals surface area (Å²) in [4.78, 5) is 2.68. The molecule has 3 atom stereocenters. The SMILES string of the molecule is CCC(NC1CCN2CCCC2C1)c1ccc(Cl)cc1. The van der Waals surface area contributed by atoms with E-state index in [-0.39, 0.29) is 0 Å². The number of fused-ring (bicyclic) bond motifs is 1. The van der Waals surface area contributed by atoms with Gasteiger partial charge in [-0.3, -0.25) is 0 Å². The minimum absolute atomic E-state index is 0.463. The monoisotopic (exact) mass is 292 g/mol. The summed E-state index contributed by atoms with van der Waals surface area (Å²) in [6, 6.07) is 10.3. The third-order valence-electron chi connectivity index (χ3n) is 4.94. The van der Waals surface area contributed by atoms with Gasteiger partial charge >= 0.3 is 0 Å². The second kappa shape index (κ2) is 6.46. The fourth-order valence-electron chi connectivity index (χ4n) is 3.81. The van der Waals surface area contributed by atoms with Crippen LogP contribution in [0.25, 0.3) is 0 Å². The molecule has 0 saturated carbocycles. The zero-order valence-corrected chi connectivity index (χ0v) is 13.1. The van der Waals surface area contributed by atoms with Crippen molar-refractivity contribution < 1.29 is 0 Å². The van der Waals surface area contributed by atoms with Crippen LogP contribution in [0.3, 0.4) is 0 Å². The van der Waals surface area contributed by atoms with Gasteiger partial charge in [0.2, 0.25) is 0 Å². The predicted octanol–water partition coefficient (Wildman–Crippen LogP) is 4.01. The Hall–Kier alpha value is -0.570. The van der Waals surface area contributed by atoms with Crippen LogP contribution in [-0.2, 0) is 0 Å². The highest BCUT2D eigenvalue weighted by atomic mass is 35.5. The minimum atomic E-state index is 0.463. The van der Waals surface area contributed by atoms with E-state index in [0.29, 0.717) is 12.1 Å². The molecule has 2 heterocycles. The maximum Gasteiger partial charge on any atom is 0.0406 e. The van der Waals surface area contributed by atoms with Gasteiger partial charge in [-0.25, -0.2) is 0 Å². The standard InChI is InChI=1S/C17H25ClN2/c1-2-17(13-5-7-14(18)8-6-13)19-15-9-11-20-10-3-4-16(20)12-15/h5-8,15-17,19H,2-4,9-12H2,1H3. The minimum Gasteiger partial charge on any atom is -0.307 e. The van der Waals surface area contributed by atoms with Crippen LogP contribution in [0.2, 0.25) is 5.02 Å². The molecule has 1 N–H and O–H groups in total. The van der Waals surface area contributed by atoms with Crippen LogP contribution >= 0.6 is 11.6 Å². The lowest BCUT2D eigenvalue weighted by Crippen LogP contribution is -2.46. The van der Waals surface area contributed by atoms with Crippen LogP contribution in [-0.4, -0.2) is 30.1 Å². The maximum atomic E-state index is 5.99. The molecule has 0 bridgehead atoms. The zero-order valence-electron chi connectivity index (χ0n) is 12.3. The van der Waals surface area contributed by atoms with Gasteiger partial charge in [-0.15, -0.1) is 0 Å². The molecular formula is C17H25ClN2. The summed E-state index contributed by atoms with van der Waals surface area (Å²) in [6.07, 6.45) is 6.54. The van der Waals surface area contributed by atoms with E-state index in [9.17, 15) is 0 Å². The Balaban J connectivity index is 1.61. The van der Waals surface area contributed by atoms with E-state index >= 15 is 0 Å². The molecule has 0 amide bonds. The summed E-state index contributed by atoms with van der Waals surface area (Å²) in [5.74, 6) is 0. The Bertz CT molecular complexity index is 431. The number of halogens is 1. The van der Waals surface area contributed by atoms with E-state index in [0.717, 1.165) is 17.5 Å². The van der Waals surface area contributed by atoms with E-state index < -0.39 is 0 Å². The smallest absolute Gasteiger partial charge is 0.0406 e. The van der Waals surface area contributed by atoms with Crippen molar-refractivity contribution in [1.82, 2.24) is 10.2 Å². The van der Waals surface area contributed by atoms with Gasteiger partial charge in [0.05, 0.1) is 0 Å². The highest BCUT2D eigenvalue weighted by molar-refractivity contribution is 6.30. The van der Waals surface area contributed by atoms with Gasteiger partial charge in [0.25, 0.3) is 0 Å². The summed E-state index contributed by atoms with van der Waals surface area (Å²) in [5, 5.41) is 4.71. The summed E-state index contributed by atoms with van der Waals surface area (Å²) in [7, 11) is 0. The molecule has 0 aromatic heterocycles. The Morgan fingerprint density at radius 2 is 2.05 bits per heavy atom. The largest absolute Gasteiger partial charge is 0.307 e. The maximum absolute atomic E-state index is 5.99. The van der Waals surface area contributed by atoms with Crippen LogP contribution in [0.15, 0.2) is 24.3 Å². The van der Waals surface area contributed by atoms with Crippen molar-refractivity contribution in [3.05, 3.63) is 34.9 Å². The van der Waals surface area contributed by atoms with E-state index in [1.54, 1.807) is 0 Å². The molecule has 3 unspecified atom stereocenters. The number of nitrogens with zero attached hydrogens (tertiary/aromatic N) is 1. The Labute approximate surface area is 127 Å². The van der Waals surface area contributed by atoms with Crippen molar-refractivity contribution in [3.8, 4) is 0 Å². The van der Waals surface area contributed by atoms with Gasteiger partial charge < -0.3 is 10.2 Å². The van der Waals surface area contributed by atoms with Crippen LogP contribution < -0.4 is 5.32 Å². The molecule has 2 aliphatic heterocycles. The first-order chi connectivity index (χ1) is 9.76. The molecule has 1 aromatic carbocycles. The quantitative estimate of drug-likeness (QED) is 0.902. The first-order valence-electron chi connectivity index (χ1n) is 8.02. The molecule has 2 aliphatic rings. The van der Waals surface area contributed by atoms with Crippen molar-refractivity contribution in [3.63, 3.8) is 0 Å². The Morgan fingerprint density at radius 3 is 2.80 bits per heavy atom. The Kier molecular flexibility index (Phi) is 4.65. The normalized spacial score (nSPS) is 28.3. The van der Waals surface area contributed by atoms with Crippen LogP contribution in [0.5, 0.6) is 0 Å². The topological polar surface area (TPSA) is 15.3 Å². The Morgan fingerprint density at radius 1 is 1.25 bits per heavy atom. The third-order valence-corrected chi connectivity index (χ3v) is 5.19. The van der Waals surface area contributed by atoms with Crippen molar-refractivity contribution >= 4 is 11.6 Å². The van der Waals surface area contributed by atoms with Gasteiger partial charge in [-0.05, 0) is 62.9 Å². The second-order valence-corrected chi connectivity index (χ2v) is 6.67. The molecule has 110 valence electrons. The van der Waals surface area contributed by atoms with E-state index in [1.165, 1.54) is 44.3 Å². The van der Waals surface area contributed by atoms with E-state index in [1.807, 2.05) is 12.1 Å². The lowest BCUT2D eigenvalue weighted by Gasteiger charge is -2.37. The zero-order chi connectivity index (χ0) is 13.9. The molecule has 2 fully saturated rings. The van der Waals surface area contributed by atoms with Crippen LogP contribution in [0, 0.1) is 0 Å². The molecule has 20 heavy (non-hydrogen) atoms. The fraction of sp³-hybridized carbons (Fsp3) is 0.647. The van der Waals surface area contributed by atoms with Gasteiger partial charge in [-0.2, -0.15) is 0 Å². The number of rotatable bonds is 4. The molecule has 3 heteroatoms. The lowest BCUT2D eigenvalue weighted by atomic mass is 9.95. The number of benzene rings is 1. The second-order valence-electron chi connectivity index (χ2n) is 6.23. The van der Waals surface area contributed by atoms with Gasteiger partial charge in [-0.1, -0.05) is 30.7 Å². The number of hydrogen-bond acceptors (Lipinski definition) is 2. The summed E-state index contributed by atoms with van der Waals surface area (Å²) >= 11 is 5.99. The lowest BCUT2D eigenvalue weighted by molar-refractivity contribution is 0.160. The first kappa shape index (κ1) is 14.4. The van der Waals surface area contributed by atoms with E-state index in [2.05, 4.69) is 29.3 Å². The molecule has 0 aliphatic carbocycles. The molecule has 0 spiro atoms. The molecular weight excluding hydrogens is 268 g/mol. The average Bonchev–Trinajstić information content (AvgIpc) is 2.93. The summed E-state index contributed by atoms with van der Waals surface area (Å²) in [6.45, 7) is 4.86. The molecule has 2 saturated heterocycles. The van der Waals surface area contributed by atoms with Crippen LogP contribution in [0.1, 0.15) is 50.6 Å². The van der Waals surface area contributed by atoms with Crippen molar-refractivity contribution in [1.29, 1.82) is 0 Å². The van der Waals surface area contributed by atoms with Crippen LogP contribution in [0.4, 0.5) is 0 Å². The highest BCUT2D eigenvalue weighted by Gasteiger charge is 2.32. The molecule has 1 aromatic rings. The molecule has 3 rings (SSSR count). The van der Waals surface area contributed by atoms with Gasteiger partial charge in [0.1, 0.15) is 0 Å². The fourth-order valence-corrected chi connectivity index (χ4v) is 3.93. The number of hydrogen-bond donors (Lipinski definition) is 1. The predicted molar refractivity (Wildman–Crippen MR) is 85.2 cm³/mol. The van der Waals surface area contributed by atoms with E-state index in [4.69, 9.17) is 11.6 Å². The van der Waals surface area contributed by atoms with Gasteiger partial charge in [0.15, 0.2) is 0 Å². The third kappa shape index (κ3) is 3.19. The number of nitrogens with one attached hydrogen (secondary N) is 1. The summed E-state index contributed by atoms with van der Waals surface area (Å²) in [5.41, 5.74) is 1.37. The van der Waals surface area contributed by atoms with Crippen molar-refractivity contribution in [2.24, 2.45) is 0 Å².